The van der Waals surface area contributed by atoms with E-state index < -0.39 is 5.97 Å². The molecule has 1 radical (unpaired) electrons. The zero-order valence-electron chi connectivity index (χ0n) is 20.0. The van der Waals surface area contributed by atoms with E-state index in [1.54, 1.807) is 30.5 Å². The van der Waals surface area contributed by atoms with Crippen molar-refractivity contribution in [3.8, 4) is 44.6 Å². The molecule has 0 atom stereocenters. The number of benzene rings is 4. The quantitative estimate of drug-likeness (QED) is 0.262. The third kappa shape index (κ3) is 5.16. The second kappa shape index (κ2) is 10.3. The summed E-state index contributed by atoms with van der Waals surface area (Å²) >= 11 is 0. The fourth-order valence-electron chi connectivity index (χ4n) is 4.17. The molecule has 0 fully saturated rings. The Morgan fingerprint density at radius 1 is 0.703 bits per heavy atom. The highest BCUT2D eigenvalue weighted by molar-refractivity contribution is 5.91. The number of carbonyl (C=O) groups excluding carboxylic acids is 1. The highest BCUT2D eigenvalue weighted by Gasteiger charge is 2.11. The maximum atomic E-state index is 11.9. The van der Waals surface area contributed by atoms with Gasteiger partial charge in [-0.1, -0.05) is 42.5 Å². The van der Waals surface area contributed by atoms with Crippen molar-refractivity contribution in [1.29, 1.82) is 0 Å². The molecule has 5 nitrogen and oxygen atoms in total. The first-order chi connectivity index (χ1) is 18.0. The monoisotopic (exact) mass is 484 g/mol. The van der Waals surface area contributed by atoms with Crippen molar-refractivity contribution >= 4 is 11.9 Å². The van der Waals surface area contributed by atoms with Crippen molar-refractivity contribution < 1.29 is 19.4 Å². The molecule has 0 aliphatic heterocycles. The average Bonchev–Trinajstić information content (AvgIpc) is 2.97. The number of methoxy groups -OCH3 is 1. The summed E-state index contributed by atoms with van der Waals surface area (Å²) in [5, 5.41) is 9.29. The van der Waals surface area contributed by atoms with Crippen LogP contribution in [0.4, 0.5) is 0 Å². The van der Waals surface area contributed by atoms with Crippen molar-refractivity contribution in [3.63, 3.8) is 0 Å². The summed E-state index contributed by atoms with van der Waals surface area (Å²) in [6, 6.07) is 35.3. The number of carboxylic acids is 1. The zero-order valence-corrected chi connectivity index (χ0v) is 20.0. The van der Waals surface area contributed by atoms with E-state index in [1.165, 1.54) is 7.11 Å². The Kier molecular flexibility index (Phi) is 6.60. The number of carbonyl (C=O) groups is 2. The van der Waals surface area contributed by atoms with Crippen LogP contribution in [0.15, 0.2) is 109 Å². The fraction of sp³-hybridized carbons (Fsp3) is 0.0312. The number of ether oxygens (including phenoxy) is 1. The molecule has 5 aromatic rings. The van der Waals surface area contributed by atoms with Crippen molar-refractivity contribution in [3.05, 3.63) is 127 Å². The molecule has 0 aliphatic rings. The first-order valence-electron chi connectivity index (χ1n) is 11.6. The van der Waals surface area contributed by atoms with E-state index in [0.29, 0.717) is 5.56 Å². The molecule has 1 N–H and O–H groups in total. The molecular formula is C32H22NO4. The van der Waals surface area contributed by atoms with Crippen molar-refractivity contribution in [1.82, 2.24) is 4.98 Å². The van der Waals surface area contributed by atoms with Crippen LogP contribution in [-0.4, -0.2) is 29.1 Å². The molecule has 0 aliphatic carbocycles. The molecule has 0 bridgehead atoms. The molecule has 1 heterocycles. The second-order valence-electron chi connectivity index (χ2n) is 8.46. The third-order valence-corrected chi connectivity index (χ3v) is 6.11. The van der Waals surface area contributed by atoms with E-state index in [4.69, 9.17) is 4.74 Å². The number of esters is 1. The summed E-state index contributed by atoms with van der Waals surface area (Å²) in [5.41, 5.74) is 8.14. The van der Waals surface area contributed by atoms with Crippen LogP contribution in [0.2, 0.25) is 0 Å². The number of pyridine rings is 1. The molecule has 0 unspecified atom stereocenters. The first kappa shape index (κ1) is 23.7. The van der Waals surface area contributed by atoms with Gasteiger partial charge in [0, 0.05) is 11.8 Å². The van der Waals surface area contributed by atoms with Gasteiger partial charge in [0.05, 0.1) is 23.9 Å². The predicted molar refractivity (Wildman–Crippen MR) is 143 cm³/mol. The number of nitrogens with zero attached hydrogens (tertiary/aromatic N) is 1. The van der Waals surface area contributed by atoms with Crippen LogP contribution in [0, 0.1) is 6.07 Å². The molecule has 5 heteroatoms. The smallest absolute Gasteiger partial charge is 0.337 e. The van der Waals surface area contributed by atoms with Gasteiger partial charge < -0.3 is 9.84 Å². The molecule has 37 heavy (non-hydrogen) atoms. The lowest BCUT2D eigenvalue weighted by atomic mass is 9.92. The second-order valence-corrected chi connectivity index (χ2v) is 8.46. The minimum atomic E-state index is -0.964. The van der Waals surface area contributed by atoms with Gasteiger partial charge in [-0.05, 0) is 100 Å². The van der Waals surface area contributed by atoms with Crippen LogP contribution < -0.4 is 0 Å². The van der Waals surface area contributed by atoms with Crippen LogP contribution in [0.3, 0.4) is 0 Å². The van der Waals surface area contributed by atoms with Gasteiger partial charge in [-0.3, -0.25) is 4.98 Å². The maximum absolute atomic E-state index is 11.9. The van der Waals surface area contributed by atoms with Gasteiger partial charge in [0.1, 0.15) is 0 Å². The van der Waals surface area contributed by atoms with Crippen LogP contribution >= 0.6 is 0 Å². The average molecular weight is 485 g/mol. The van der Waals surface area contributed by atoms with Crippen molar-refractivity contribution in [2.75, 3.05) is 7.11 Å². The first-order valence-corrected chi connectivity index (χ1v) is 11.6. The van der Waals surface area contributed by atoms with Gasteiger partial charge in [-0.25, -0.2) is 9.59 Å². The number of hydrogen-bond acceptors (Lipinski definition) is 4. The highest BCUT2D eigenvalue weighted by Crippen LogP contribution is 2.34. The normalized spacial score (nSPS) is 10.6. The Labute approximate surface area is 214 Å². The van der Waals surface area contributed by atoms with Crippen molar-refractivity contribution in [2.24, 2.45) is 0 Å². The lowest BCUT2D eigenvalue weighted by Crippen LogP contribution is -2.00. The van der Waals surface area contributed by atoms with E-state index in [2.05, 4.69) is 35.3 Å². The van der Waals surface area contributed by atoms with Crippen LogP contribution in [0.1, 0.15) is 20.7 Å². The Morgan fingerprint density at radius 2 is 1.30 bits per heavy atom. The third-order valence-electron chi connectivity index (χ3n) is 6.11. The number of hydrogen-bond donors (Lipinski definition) is 1. The van der Waals surface area contributed by atoms with Gasteiger partial charge in [0.25, 0.3) is 0 Å². The van der Waals surface area contributed by atoms with E-state index >= 15 is 0 Å². The zero-order chi connectivity index (χ0) is 25.8. The lowest BCUT2D eigenvalue weighted by Gasteiger charge is -2.13. The number of carboxylic acid groups (broad SMARTS) is 1. The molecule has 0 amide bonds. The predicted octanol–water partition coefficient (Wildman–Crippen LogP) is 7.03. The lowest BCUT2D eigenvalue weighted by molar-refractivity contribution is 0.0600. The van der Waals surface area contributed by atoms with Crippen LogP contribution in [-0.2, 0) is 4.74 Å². The molecule has 0 saturated heterocycles. The summed E-state index contributed by atoms with van der Waals surface area (Å²) in [6.45, 7) is 0. The van der Waals surface area contributed by atoms with E-state index in [1.807, 2.05) is 54.6 Å². The molecular weight excluding hydrogens is 462 g/mol. The SMILES string of the molecule is COC(=O)c1ccc(-c2cc(-c3ccc(C(=O)O)cc3)cc(-c3cc[c]c(-c4ccccn4)c3)c2)cc1. The van der Waals surface area contributed by atoms with E-state index in [-0.39, 0.29) is 11.5 Å². The molecule has 0 spiro atoms. The Hall–Kier alpha value is -5.03. The fourth-order valence-corrected chi connectivity index (χ4v) is 4.17. The largest absolute Gasteiger partial charge is 0.478 e. The minimum absolute atomic E-state index is 0.233. The summed E-state index contributed by atoms with van der Waals surface area (Å²) in [4.78, 5) is 27.7. The van der Waals surface area contributed by atoms with Crippen LogP contribution in [0.5, 0.6) is 0 Å². The summed E-state index contributed by atoms with van der Waals surface area (Å²) in [7, 11) is 1.36. The Morgan fingerprint density at radius 3 is 1.84 bits per heavy atom. The van der Waals surface area contributed by atoms with Gasteiger partial charge in [0.2, 0.25) is 0 Å². The molecule has 179 valence electrons. The Bertz CT molecular complexity index is 1570. The van der Waals surface area contributed by atoms with Gasteiger partial charge in [-0.15, -0.1) is 0 Å². The molecule has 4 aromatic carbocycles. The molecule has 1 aromatic heterocycles. The van der Waals surface area contributed by atoms with Gasteiger partial charge >= 0.3 is 11.9 Å². The molecule has 0 saturated carbocycles. The van der Waals surface area contributed by atoms with Crippen molar-refractivity contribution in [2.45, 2.75) is 0 Å². The minimum Gasteiger partial charge on any atom is -0.478 e. The summed E-state index contributed by atoms with van der Waals surface area (Å²) in [5.74, 6) is -1.35. The van der Waals surface area contributed by atoms with E-state index in [0.717, 1.165) is 44.6 Å². The van der Waals surface area contributed by atoms with E-state index in [9.17, 15) is 14.7 Å². The topological polar surface area (TPSA) is 76.5 Å². The number of rotatable bonds is 6. The standard InChI is InChI=1S/C32H22NO4/c1-37-32(36)24-14-10-22(11-15-24)28-18-27(21-8-12-23(13-9-21)31(34)35)19-29(20-28)25-5-4-6-26(17-25)30-7-2-3-16-33-30/h2-5,7-20H,1H3,(H,34,35). The van der Waals surface area contributed by atoms with Gasteiger partial charge in [0.15, 0.2) is 0 Å². The van der Waals surface area contributed by atoms with Crippen LogP contribution in [0.25, 0.3) is 44.6 Å². The molecule has 5 rings (SSSR count). The van der Waals surface area contributed by atoms with Gasteiger partial charge in [-0.2, -0.15) is 0 Å². The highest BCUT2D eigenvalue weighted by atomic mass is 16.5. The Balaban J connectivity index is 1.63. The number of aromatic carboxylic acids is 1. The number of aromatic nitrogens is 1. The summed E-state index contributed by atoms with van der Waals surface area (Å²) < 4.78 is 4.82. The summed E-state index contributed by atoms with van der Waals surface area (Å²) in [6.07, 6.45) is 1.76. The maximum Gasteiger partial charge on any atom is 0.337 e.